The lowest BCUT2D eigenvalue weighted by molar-refractivity contribution is 0.0611. The van der Waals surface area contributed by atoms with Gasteiger partial charge in [-0.3, -0.25) is 4.79 Å². The number of carbonyl (C=O) groups excluding carboxylic acids is 1. The molecule has 1 amide bonds. The molecular formula is C12H22N4O3S. The average molecular weight is 302 g/mol. The zero-order valence-electron chi connectivity index (χ0n) is 12.0. The van der Waals surface area contributed by atoms with Crippen molar-refractivity contribution in [3.63, 3.8) is 0 Å². The Morgan fingerprint density at radius 3 is 2.80 bits per heavy atom. The van der Waals surface area contributed by atoms with Crippen LogP contribution in [0.5, 0.6) is 0 Å². The number of hydrogen-bond donors (Lipinski definition) is 4. The molecule has 0 radical (unpaired) electrons. The summed E-state index contributed by atoms with van der Waals surface area (Å²) in [6.45, 7) is 5.20. The van der Waals surface area contributed by atoms with E-state index in [2.05, 4.69) is 29.5 Å². The van der Waals surface area contributed by atoms with Gasteiger partial charge in [0.25, 0.3) is 5.91 Å². The van der Waals surface area contributed by atoms with Gasteiger partial charge in [-0.2, -0.15) is 0 Å². The van der Waals surface area contributed by atoms with Crippen LogP contribution in [0.4, 0.5) is 10.9 Å². The van der Waals surface area contributed by atoms with Crippen LogP contribution in [0.25, 0.3) is 0 Å². The van der Waals surface area contributed by atoms with Gasteiger partial charge >= 0.3 is 0 Å². The largest absolute Gasteiger partial charge is 0.389 e. The summed E-state index contributed by atoms with van der Waals surface area (Å²) in [6, 6.07) is 0. The number of anilines is 2. The van der Waals surface area contributed by atoms with Gasteiger partial charge in [-0.25, -0.2) is 4.98 Å². The van der Waals surface area contributed by atoms with Gasteiger partial charge in [0, 0.05) is 20.2 Å². The SMILES string of the molecule is COCC(O)CNC(=O)c1sc(NCC(C)C)nc1N. The number of nitrogens with zero attached hydrogens (tertiary/aromatic N) is 1. The Bertz CT molecular complexity index is 436. The third-order valence-corrected chi connectivity index (χ3v) is 3.41. The van der Waals surface area contributed by atoms with E-state index in [0.717, 1.165) is 6.54 Å². The molecule has 1 unspecified atom stereocenters. The summed E-state index contributed by atoms with van der Waals surface area (Å²) in [5, 5.41) is 15.8. The summed E-state index contributed by atoms with van der Waals surface area (Å²) < 4.78 is 4.78. The second kappa shape index (κ2) is 8.03. The summed E-state index contributed by atoms with van der Waals surface area (Å²) in [6.07, 6.45) is -0.739. The van der Waals surface area contributed by atoms with Crippen molar-refractivity contribution in [1.29, 1.82) is 0 Å². The molecular weight excluding hydrogens is 280 g/mol. The monoisotopic (exact) mass is 302 g/mol. The maximum atomic E-state index is 11.9. The Morgan fingerprint density at radius 2 is 2.20 bits per heavy atom. The highest BCUT2D eigenvalue weighted by Gasteiger charge is 2.17. The molecule has 0 aliphatic heterocycles. The molecule has 1 aromatic rings. The van der Waals surface area contributed by atoms with Crippen LogP contribution >= 0.6 is 11.3 Å². The van der Waals surface area contributed by atoms with Crippen molar-refractivity contribution in [3.8, 4) is 0 Å². The number of nitrogens with one attached hydrogen (secondary N) is 2. The molecule has 0 aliphatic rings. The Morgan fingerprint density at radius 1 is 1.50 bits per heavy atom. The lowest BCUT2D eigenvalue weighted by atomic mass is 10.2. The molecule has 0 aliphatic carbocycles. The summed E-state index contributed by atoms with van der Waals surface area (Å²) in [5.41, 5.74) is 5.73. The molecule has 1 aromatic heterocycles. The molecule has 5 N–H and O–H groups in total. The lowest BCUT2D eigenvalue weighted by Gasteiger charge is -2.09. The molecule has 0 saturated carbocycles. The van der Waals surface area contributed by atoms with Crippen molar-refractivity contribution in [2.75, 3.05) is 37.9 Å². The number of thiazole rings is 1. The van der Waals surface area contributed by atoms with Crippen molar-refractivity contribution in [2.24, 2.45) is 5.92 Å². The minimum Gasteiger partial charge on any atom is -0.389 e. The van der Waals surface area contributed by atoms with E-state index in [9.17, 15) is 9.90 Å². The fourth-order valence-corrected chi connectivity index (χ4v) is 2.21. The number of nitrogens with two attached hydrogens (primary N) is 1. The molecule has 1 heterocycles. The zero-order chi connectivity index (χ0) is 15.1. The number of ether oxygens (including phenoxy) is 1. The summed E-state index contributed by atoms with van der Waals surface area (Å²) >= 11 is 1.20. The van der Waals surface area contributed by atoms with Gasteiger partial charge in [-0.15, -0.1) is 0 Å². The van der Waals surface area contributed by atoms with Crippen LogP contribution in [0.3, 0.4) is 0 Å². The lowest BCUT2D eigenvalue weighted by Crippen LogP contribution is -2.34. The molecule has 114 valence electrons. The predicted molar refractivity (Wildman–Crippen MR) is 80.1 cm³/mol. The average Bonchev–Trinajstić information content (AvgIpc) is 2.75. The molecule has 1 rings (SSSR count). The normalized spacial score (nSPS) is 12.4. The van der Waals surface area contributed by atoms with Gasteiger partial charge in [-0.1, -0.05) is 25.2 Å². The molecule has 0 saturated heterocycles. The van der Waals surface area contributed by atoms with Crippen LogP contribution in [-0.2, 0) is 4.74 Å². The van der Waals surface area contributed by atoms with E-state index in [1.165, 1.54) is 18.4 Å². The number of aliphatic hydroxyl groups excluding tert-OH is 1. The third kappa shape index (κ3) is 5.32. The van der Waals surface area contributed by atoms with Gasteiger partial charge in [-0.05, 0) is 5.92 Å². The van der Waals surface area contributed by atoms with Crippen molar-refractivity contribution >= 4 is 28.2 Å². The first kappa shape index (κ1) is 16.7. The van der Waals surface area contributed by atoms with E-state index < -0.39 is 6.10 Å². The van der Waals surface area contributed by atoms with E-state index in [0.29, 0.717) is 15.9 Å². The predicted octanol–water partition coefficient (Wildman–Crippen LogP) is 0.530. The molecule has 8 heteroatoms. The second-order valence-corrected chi connectivity index (χ2v) is 5.83. The molecule has 20 heavy (non-hydrogen) atoms. The topological polar surface area (TPSA) is 110 Å². The van der Waals surface area contributed by atoms with Gasteiger partial charge in [0.05, 0.1) is 12.7 Å². The molecule has 0 aromatic carbocycles. The highest BCUT2D eigenvalue weighted by atomic mass is 32.1. The van der Waals surface area contributed by atoms with Gasteiger partial charge < -0.3 is 26.2 Å². The summed E-state index contributed by atoms with van der Waals surface area (Å²) in [5.74, 6) is 0.328. The van der Waals surface area contributed by atoms with Crippen LogP contribution in [0.1, 0.15) is 23.5 Å². The number of methoxy groups -OCH3 is 1. The number of amides is 1. The van der Waals surface area contributed by atoms with E-state index in [1.807, 2.05) is 0 Å². The van der Waals surface area contributed by atoms with Gasteiger partial charge in [0.2, 0.25) is 0 Å². The zero-order valence-corrected chi connectivity index (χ0v) is 12.8. The van der Waals surface area contributed by atoms with Crippen molar-refractivity contribution in [1.82, 2.24) is 10.3 Å². The molecule has 1 atom stereocenters. The van der Waals surface area contributed by atoms with Crippen molar-refractivity contribution in [3.05, 3.63) is 4.88 Å². The number of carbonyl (C=O) groups is 1. The molecule has 0 fully saturated rings. The van der Waals surface area contributed by atoms with E-state index in [-0.39, 0.29) is 24.9 Å². The Labute approximate surface area is 122 Å². The smallest absolute Gasteiger partial charge is 0.265 e. The molecule has 0 spiro atoms. The number of rotatable bonds is 8. The van der Waals surface area contributed by atoms with Gasteiger partial charge in [0.1, 0.15) is 10.7 Å². The van der Waals surface area contributed by atoms with Crippen molar-refractivity contribution < 1.29 is 14.6 Å². The first-order chi connectivity index (χ1) is 9.43. The minimum absolute atomic E-state index is 0.110. The van der Waals surface area contributed by atoms with Crippen molar-refractivity contribution in [2.45, 2.75) is 20.0 Å². The summed E-state index contributed by atoms with van der Waals surface area (Å²) in [4.78, 5) is 16.4. The minimum atomic E-state index is -0.739. The van der Waals surface area contributed by atoms with Gasteiger partial charge in [0.15, 0.2) is 5.13 Å². The maximum Gasteiger partial charge on any atom is 0.265 e. The van der Waals surface area contributed by atoms with E-state index in [4.69, 9.17) is 10.5 Å². The third-order valence-electron chi connectivity index (χ3n) is 2.38. The highest BCUT2D eigenvalue weighted by molar-refractivity contribution is 7.18. The first-order valence-electron chi connectivity index (χ1n) is 6.39. The van der Waals surface area contributed by atoms with Crippen LogP contribution in [0, 0.1) is 5.92 Å². The quantitative estimate of drug-likeness (QED) is 0.558. The number of nitrogen functional groups attached to an aromatic ring is 1. The Kier molecular flexibility index (Phi) is 6.69. The number of aliphatic hydroxyl groups is 1. The summed E-state index contributed by atoms with van der Waals surface area (Å²) in [7, 11) is 1.49. The van der Waals surface area contributed by atoms with E-state index in [1.54, 1.807) is 0 Å². The highest BCUT2D eigenvalue weighted by Crippen LogP contribution is 2.24. The van der Waals surface area contributed by atoms with Crippen LogP contribution in [0.2, 0.25) is 0 Å². The number of aromatic nitrogens is 1. The second-order valence-electron chi connectivity index (χ2n) is 4.83. The standard InChI is InChI=1S/C12H22N4O3S/c1-7(2)4-15-12-16-10(13)9(20-12)11(18)14-5-8(17)6-19-3/h7-8,17H,4-6,13H2,1-3H3,(H,14,18)(H,15,16). The van der Waals surface area contributed by atoms with Crippen LogP contribution < -0.4 is 16.4 Å². The van der Waals surface area contributed by atoms with Crippen LogP contribution in [0.15, 0.2) is 0 Å². The Balaban J connectivity index is 2.55. The molecule has 0 bridgehead atoms. The fourth-order valence-electron chi connectivity index (χ4n) is 1.40. The fraction of sp³-hybridized carbons (Fsp3) is 0.667. The Hall–Kier alpha value is -1.38. The van der Waals surface area contributed by atoms with Crippen LogP contribution in [-0.4, -0.2) is 48.9 Å². The number of hydrogen-bond acceptors (Lipinski definition) is 7. The molecule has 7 nitrogen and oxygen atoms in total. The first-order valence-corrected chi connectivity index (χ1v) is 7.21. The maximum absolute atomic E-state index is 11.9. The van der Waals surface area contributed by atoms with E-state index >= 15 is 0 Å².